The quantitative estimate of drug-likeness (QED) is 0.185. The molecule has 1 atom stereocenters. The van der Waals surface area contributed by atoms with E-state index in [1.165, 1.54) is 13.2 Å². The largest absolute Gasteiger partial charge is 0.494 e. The summed E-state index contributed by atoms with van der Waals surface area (Å²) in [6.07, 6.45) is 4.01. The standard InChI is InChI=1S/C43H43F3N8O7/c1-61-34-19-31-24(17-32(34)49-37(56)30-3-2-4-35(48-30)43(44,45)46)22-53(51-31)27-20-42(21-27)13-15-52(16-14-42)39(58)23-5-7-25(8-6-23)47-26-9-10-28-29(18-26)41(60)54(40(28)59)33-11-12-36(55)50-38(33)57/h2-4,9-10,17-19,22-23,25,27,33,47H,5-8,11-16,20-21H2,1H3,(H,49,56)(H,50,55,57)/t23?,25?,33-/m0/s1. The normalized spacial score (nSPS) is 22.9. The van der Waals surface area contributed by atoms with Gasteiger partial charge < -0.3 is 20.3 Å². The lowest BCUT2D eigenvalue weighted by Crippen LogP contribution is -2.54. The third-order valence-corrected chi connectivity index (χ3v) is 13.1. The van der Waals surface area contributed by atoms with Crippen molar-refractivity contribution in [2.45, 2.75) is 88.5 Å². The van der Waals surface area contributed by atoms with Gasteiger partial charge >= 0.3 is 6.18 Å². The summed E-state index contributed by atoms with van der Waals surface area (Å²) < 4.78 is 46.9. The maximum Gasteiger partial charge on any atom is 0.433 e. The van der Waals surface area contributed by atoms with Crippen LogP contribution in [0.4, 0.5) is 24.5 Å². The first-order valence-corrected chi connectivity index (χ1v) is 20.5. The number of nitrogens with zero attached hydrogens (tertiary/aromatic N) is 5. The summed E-state index contributed by atoms with van der Waals surface area (Å²) in [5.74, 6) is -2.54. The Morgan fingerprint density at radius 2 is 1.66 bits per heavy atom. The van der Waals surface area contributed by atoms with Crippen LogP contribution in [0.25, 0.3) is 10.9 Å². The molecule has 3 N–H and O–H groups in total. The van der Waals surface area contributed by atoms with Crippen LogP contribution in [0, 0.1) is 11.3 Å². The number of likely N-dealkylation sites (tertiary alicyclic amines) is 1. The van der Waals surface area contributed by atoms with Crippen molar-refractivity contribution in [3.8, 4) is 5.75 Å². The van der Waals surface area contributed by atoms with Gasteiger partial charge in [0.05, 0.1) is 35.5 Å². The van der Waals surface area contributed by atoms with E-state index in [4.69, 9.17) is 9.84 Å². The summed E-state index contributed by atoms with van der Waals surface area (Å²) in [4.78, 5) is 83.4. The predicted octanol–water partition coefficient (Wildman–Crippen LogP) is 5.73. The molecule has 0 unspecified atom stereocenters. The number of methoxy groups -OCH3 is 1. The number of imide groups is 2. The monoisotopic (exact) mass is 840 g/mol. The van der Waals surface area contributed by atoms with Gasteiger partial charge in [0.15, 0.2) is 0 Å². The fourth-order valence-electron chi connectivity index (χ4n) is 9.71. The summed E-state index contributed by atoms with van der Waals surface area (Å²) >= 11 is 0. The number of amides is 6. The molecule has 2 saturated carbocycles. The Hall–Kier alpha value is -6.33. The summed E-state index contributed by atoms with van der Waals surface area (Å²) in [6.45, 7) is 1.40. The van der Waals surface area contributed by atoms with Crippen molar-refractivity contribution in [1.29, 1.82) is 0 Å². The van der Waals surface area contributed by atoms with Gasteiger partial charge in [0, 0.05) is 54.8 Å². The predicted molar refractivity (Wildman–Crippen MR) is 212 cm³/mol. The average molecular weight is 841 g/mol. The van der Waals surface area contributed by atoms with Gasteiger partial charge in [-0.3, -0.25) is 43.7 Å². The van der Waals surface area contributed by atoms with Gasteiger partial charge in [-0.25, -0.2) is 4.98 Å². The minimum absolute atomic E-state index is 0.0548. The molecule has 5 aliphatic rings. The summed E-state index contributed by atoms with van der Waals surface area (Å²) in [6, 6.07) is 10.7. The van der Waals surface area contributed by atoms with E-state index in [1.54, 1.807) is 30.3 Å². The van der Waals surface area contributed by atoms with E-state index in [9.17, 15) is 41.9 Å². The van der Waals surface area contributed by atoms with Crippen molar-refractivity contribution in [2.75, 3.05) is 30.8 Å². The number of carbonyl (C=O) groups excluding carboxylic acids is 6. The maximum absolute atomic E-state index is 13.7. The molecule has 18 heteroatoms. The average Bonchev–Trinajstić information content (AvgIpc) is 3.75. The number of nitrogens with one attached hydrogen (secondary N) is 3. The van der Waals surface area contributed by atoms with Gasteiger partial charge in [0.2, 0.25) is 17.7 Å². The highest BCUT2D eigenvalue weighted by atomic mass is 19.4. The Kier molecular flexibility index (Phi) is 10.1. The molecule has 3 aliphatic heterocycles. The van der Waals surface area contributed by atoms with Crippen LogP contribution >= 0.6 is 0 Å². The smallest absolute Gasteiger partial charge is 0.433 e. The molecular weight excluding hydrogens is 798 g/mol. The lowest BCUT2D eigenvalue weighted by atomic mass is 9.60. The molecule has 2 aliphatic carbocycles. The van der Waals surface area contributed by atoms with Crippen LogP contribution in [0.2, 0.25) is 0 Å². The fourth-order valence-corrected chi connectivity index (χ4v) is 9.71. The molecular formula is C43H43F3N8O7. The molecule has 4 fully saturated rings. The van der Waals surface area contributed by atoms with Gasteiger partial charge in [0.25, 0.3) is 17.7 Å². The number of alkyl halides is 3. The van der Waals surface area contributed by atoms with E-state index in [1.807, 2.05) is 15.8 Å². The molecule has 5 heterocycles. The number of ether oxygens (including phenoxy) is 1. The number of hydrogen-bond donors (Lipinski definition) is 3. The second-order valence-electron chi connectivity index (χ2n) is 16.9. The Morgan fingerprint density at radius 3 is 2.36 bits per heavy atom. The zero-order chi connectivity index (χ0) is 42.8. The number of anilines is 2. The highest BCUT2D eigenvalue weighted by molar-refractivity contribution is 6.23. The number of halogens is 3. The molecule has 4 aromatic rings. The van der Waals surface area contributed by atoms with E-state index in [0.29, 0.717) is 30.0 Å². The Bertz CT molecular complexity index is 2480. The molecule has 2 aromatic heterocycles. The van der Waals surface area contributed by atoms with Crippen molar-refractivity contribution < 1.29 is 46.7 Å². The Morgan fingerprint density at radius 1 is 0.918 bits per heavy atom. The van der Waals surface area contributed by atoms with E-state index in [-0.39, 0.29) is 64.7 Å². The van der Waals surface area contributed by atoms with Crippen molar-refractivity contribution in [3.05, 3.63) is 77.2 Å². The van der Waals surface area contributed by atoms with E-state index < -0.39 is 47.4 Å². The van der Waals surface area contributed by atoms with Gasteiger partial charge in [-0.05, 0) is 99.6 Å². The topological polar surface area (TPSA) is 185 Å². The Balaban J connectivity index is 0.752. The minimum Gasteiger partial charge on any atom is -0.494 e. The zero-order valence-electron chi connectivity index (χ0n) is 33.2. The second-order valence-corrected chi connectivity index (χ2v) is 16.9. The van der Waals surface area contributed by atoms with Crippen LogP contribution in [-0.2, 0) is 20.6 Å². The molecule has 15 nitrogen and oxygen atoms in total. The SMILES string of the molecule is COc1cc2nn(C3CC4(CCN(C(=O)C5CCC(Nc6ccc7c(c6)C(=O)N([C@H]6CCC(=O)NC6=O)C7=O)CC5)CC4)C3)cc2cc1NC(=O)c1cccc(C(F)(F)F)n1. The third-order valence-electron chi connectivity index (χ3n) is 13.1. The van der Waals surface area contributed by atoms with Crippen molar-refractivity contribution in [3.63, 3.8) is 0 Å². The summed E-state index contributed by atoms with van der Waals surface area (Å²) in [5, 5.41) is 13.8. The highest BCUT2D eigenvalue weighted by Crippen LogP contribution is 2.55. The summed E-state index contributed by atoms with van der Waals surface area (Å²) in [7, 11) is 1.43. The van der Waals surface area contributed by atoms with Crippen LogP contribution in [0.15, 0.2) is 54.7 Å². The van der Waals surface area contributed by atoms with Crippen molar-refractivity contribution >= 4 is 57.7 Å². The van der Waals surface area contributed by atoms with Crippen LogP contribution < -0.4 is 20.7 Å². The highest BCUT2D eigenvalue weighted by Gasteiger charge is 2.48. The van der Waals surface area contributed by atoms with Gasteiger partial charge in [-0.15, -0.1) is 0 Å². The molecule has 0 radical (unpaired) electrons. The Labute approximate surface area is 347 Å². The van der Waals surface area contributed by atoms with Gasteiger partial charge in [-0.1, -0.05) is 6.07 Å². The number of aromatic nitrogens is 3. The molecule has 318 valence electrons. The first kappa shape index (κ1) is 40.1. The van der Waals surface area contributed by atoms with E-state index in [2.05, 4.69) is 20.9 Å². The number of fused-ring (bicyclic) bond motifs is 2. The maximum atomic E-state index is 13.7. The van der Waals surface area contributed by atoms with Gasteiger partial charge in [-0.2, -0.15) is 18.3 Å². The molecule has 2 saturated heterocycles. The van der Waals surface area contributed by atoms with Crippen LogP contribution in [-0.4, -0.2) is 92.3 Å². The number of hydrogen-bond acceptors (Lipinski definition) is 10. The first-order chi connectivity index (χ1) is 29.2. The molecule has 2 aromatic carbocycles. The first-order valence-electron chi connectivity index (χ1n) is 20.5. The number of carbonyl (C=O) groups is 6. The molecule has 0 bridgehead atoms. The van der Waals surface area contributed by atoms with E-state index >= 15 is 0 Å². The lowest BCUT2D eigenvalue weighted by Gasteiger charge is -2.52. The van der Waals surface area contributed by atoms with Crippen LogP contribution in [0.3, 0.4) is 0 Å². The summed E-state index contributed by atoms with van der Waals surface area (Å²) in [5.41, 5.74) is 0.649. The number of rotatable bonds is 8. The second kappa shape index (κ2) is 15.3. The van der Waals surface area contributed by atoms with Crippen molar-refractivity contribution in [2.24, 2.45) is 11.3 Å². The number of piperidine rings is 2. The van der Waals surface area contributed by atoms with Crippen LogP contribution in [0.1, 0.15) is 107 Å². The molecule has 9 rings (SSSR count). The number of benzene rings is 2. The minimum atomic E-state index is -4.69. The van der Waals surface area contributed by atoms with Crippen molar-refractivity contribution in [1.82, 2.24) is 29.9 Å². The zero-order valence-corrected chi connectivity index (χ0v) is 33.2. The molecule has 6 amide bonds. The number of pyridine rings is 1. The van der Waals surface area contributed by atoms with Gasteiger partial charge in [0.1, 0.15) is 23.2 Å². The van der Waals surface area contributed by atoms with E-state index in [0.717, 1.165) is 73.8 Å². The molecule has 61 heavy (non-hydrogen) atoms. The fraction of sp³-hybridized carbons (Fsp3) is 0.442. The molecule has 1 spiro atoms. The third kappa shape index (κ3) is 7.56. The lowest BCUT2D eigenvalue weighted by molar-refractivity contribution is -0.141. The van der Waals surface area contributed by atoms with Crippen LogP contribution in [0.5, 0.6) is 5.75 Å².